The Morgan fingerprint density at radius 3 is 2.64 bits per heavy atom. The van der Waals surface area contributed by atoms with E-state index in [2.05, 4.69) is 30.5 Å². The first-order valence-corrected chi connectivity index (χ1v) is 8.09. The maximum atomic E-state index is 11.0. The van der Waals surface area contributed by atoms with E-state index in [1.54, 1.807) is 7.11 Å². The number of nitrogens with zero attached hydrogens (tertiary/aromatic N) is 4. The lowest BCUT2D eigenvalue weighted by molar-refractivity contribution is -0.116. The predicted molar refractivity (Wildman–Crippen MR) is 95.2 cm³/mol. The summed E-state index contributed by atoms with van der Waals surface area (Å²) >= 11 is 0. The summed E-state index contributed by atoms with van der Waals surface area (Å²) in [4.78, 5) is 26.3. The van der Waals surface area contributed by atoms with Gasteiger partial charge in [0.15, 0.2) is 0 Å². The number of carbonyl (C=O) groups excluding carboxylic acids is 1. The second-order valence-corrected chi connectivity index (χ2v) is 5.62. The van der Waals surface area contributed by atoms with E-state index in [0.29, 0.717) is 23.6 Å². The summed E-state index contributed by atoms with van der Waals surface area (Å²) in [6, 6.07) is 7.48. The van der Waals surface area contributed by atoms with Gasteiger partial charge in [0.2, 0.25) is 23.8 Å². The Morgan fingerprint density at radius 2 is 1.92 bits per heavy atom. The number of nitrogens with one attached hydrogen (secondary N) is 2. The van der Waals surface area contributed by atoms with E-state index in [1.165, 1.54) is 0 Å². The van der Waals surface area contributed by atoms with Crippen LogP contribution in [0.5, 0.6) is 5.75 Å². The third-order valence-corrected chi connectivity index (χ3v) is 3.79. The van der Waals surface area contributed by atoms with Crippen LogP contribution < -0.4 is 26.0 Å². The fourth-order valence-corrected chi connectivity index (χ4v) is 2.59. The molecule has 3 rings (SSSR count). The van der Waals surface area contributed by atoms with Crippen LogP contribution in [0.2, 0.25) is 0 Å². The number of primary amides is 1. The molecular formula is C16H21N7O2. The van der Waals surface area contributed by atoms with Crippen LogP contribution in [0.4, 0.5) is 23.5 Å². The zero-order valence-electron chi connectivity index (χ0n) is 14.0. The van der Waals surface area contributed by atoms with E-state index in [9.17, 15) is 4.79 Å². The van der Waals surface area contributed by atoms with Crippen LogP contribution in [0, 0.1) is 0 Å². The molecule has 0 atom stereocenters. The van der Waals surface area contributed by atoms with Gasteiger partial charge in [0, 0.05) is 13.1 Å². The van der Waals surface area contributed by atoms with Crippen molar-refractivity contribution in [1.82, 2.24) is 15.0 Å². The molecule has 9 nitrogen and oxygen atoms in total. The third-order valence-electron chi connectivity index (χ3n) is 3.79. The standard InChI is InChI=1S/C16H21N7O2/c1-25-12-7-3-2-6-11(12)19-15-20-14(18-10-13(17)24)21-16(22-15)23-8-4-5-9-23/h2-3,6-7H,4-5,8-10H2,1H3,(H2,17,24)(H2,18,19,20,21,22). The number of rotatable bonds is 7. The summed E-state index contributed by atoms with van der Waals surface area (Å²) in [5.41, 5.74) is 5.93. The van der Waals surface area contributed by atoms with E-state index >= 15 is 0 Å². The molecule has 4 N–H and O–H groups in total. The minimum atomic E-state index is -0.484. The first-order valence-electron chi connectivity index (χ1n) is 8.09. The molecule has 0 bridgehead atoms. The van der Waals surface area contributed by atoms with Crippen molar-refractivity contribution in [2.24, 2.45) is 5.73 Å². The molecule has 0 saturated carbocycles. The molecule has 1 amide bonds. The molecule has 1 saturated heterocycles. The topological polar surface area (TPSA) is 118 Å². The summed E-state index contributed by atoms with van der Waals surface area (Å²) in [7, 11) is 1.60. The van der Waals surface area contributed by atoms with Gasteiger partial charge in [0.1, 0.15) is 5.75 Å². The van der Waals surface area contributed by atoms with Gasteiger partial charge in [-0.2, -0.15) is 15.0 Å². The molecule has 0 spiro atoms. The zero-order valence-corrected chi connectivity index (χ0v) is 14.0. The average Bonchev–Trinajstić information content (AvgIpc) is 3.15. The van der Waals surface area contributed by atoms with Gasteiger partial charge in [-0.05, 0) is 25.0 Å². The largest absolute Gasteiger partial charge is 0.495 e. The summed E-state index contributed by atoms with van der Waals surface area (Å²) in [5, 5.41) is 5.97. The summed E-state index contributed by atoms with van der Waals surface area (Å²) in [6.07, 6.45) is 2.20. The van der Waals surface area contributed by atoms with Crippen molar-refractivity contribution in [3.8, 4) is 5.75 Å². The van der Waals surface area contributed by atoms with Crippen LogP contribution in [0.3, 0.4) is 0 Å². The van der Waals surface area contributed by atoms with Crippen LogP contribution in [0.1, 0.15) is 12.8 Å². The second-order valence-electron chi connectivity index (χ2n) is 5.62. The quantitative estimate of drug-likeness (QED) is 0.684. The molecule has 9 heteroatoms. The van der Waals surface area contributed by atoms with Crippen LogP contribution in [-0.4, -0.2) is 47.6 Å². The number of nitrogens with two attached hydrogens (primary N) is 1. The lowest BCUT2D eigenvalue weighted by atomic mass is 10.3. The Morgan fingerprint density at radius 1 is 1.20 bits per heavy atom. The van der Waals surface area contributed by atoms with Crippen LogP contribution in [-0.2, 0) is 4.79 Å². The number of anilines is 4. The SMILES string of the molecule is COc1ccccc1Nc1nc(NCC(N)=O)nc(N2CCCC2)n1. The molecule has 132 valence electrons. The van der Waals surface area contributed by atoms with Gasteiger partial charge < -0.3 is 26.0 Å². The van der Waals surface area contributed by atoms with Gasteiger partial charge >= 0.3 is 0 Å². The summed E-state index contributed by atoms with van der Waals surface area (Å²) < 4.78 is 5.34. The highest BCUT2D eigenvalue weighted by atomic mass is 16.5. The maximum Gasteiger partial charge on any atom is 0.236 e. The van der Waals surface area contributed by atoms with Crippen molar-refractivity contribution < 1.29 is 9.53 Å². The van der Waals surface area contributed by atoms with Crippen molar-refractivity contribution in [2.45, 2.75) is 12.8 Å². The van der Waals surface area contributed by atoms with Crippen molar-refractivity contribution in [1.29, 1.82) is 0 Å². The van der Waals surface area contributed by atoms with E-state index < -0.39 is 5.91 Å². The van der Waals surface area contributed by atoms with E-state index in [1.807, 2.05) is 24.3 Å². The fraction of sp³-hybridized carbons (Fsp3) is 0.375. The number of benzene rings is 1. The van der Waals surface area contributed by atoms with Crippen molar-refractivity contribution in [3.05, 3.63) is 24.3 Å². The molecular weight excluding hydrogens is 322 g/mol. The predicted octanol–water partition coefficient (Wildman–Crippen LogP) is 1.12. The molecule has 1 fully saturated rings. The number of ether oxygens (including phenoxy) is 1. The van der Waals surface area contributed by atoms with Gasteiger partial charge in [-0.1, -0.05) is 12.1 Å². The number of methoxy groups -OCH3 is 1. The Bertz CT molecular complexity index is 747. The van der Waals surface area contributed by atoms with E-state index in [4.69, 9.17) is 10.5 Å². The molecule has 2 aromatic rings. The smallest absolute Gasteiger partial charge is 0.236 e. The molecule has 1 aromatic heterocycles. The van der Waals surface area contributed by atoms with E-state index in [0.717, 1.165) is 31.6 Å². The lowest BCUT2D eigenvalue weighted by Crippen LogP contribution is -2.25. The minimum absolute atomic E-state index is 0.0441. The first-order chi connectivity index (χ1) is 12.2. The lowest BCUT2D eigenvalue weighted by Gasteiger charge is -2.17. The van der Waals surface area contributed by atoms with Crippen LogP contribution in [0.25, 0.3) is 0 Å². The highest BCUT2D eigenvalue weighted by Crippen LogP contribution is 2.27. The minimum Gasteiger partial charge on any atom is -0.495 e. The Kier molecular flexibility index (Phi) is 5.12. The van der Waals surface area contributed by atoms with Gasteiger partial charge in [-0.3, -0.25) is 4.79 Å². The molecule has 0 unspecified atom stereocenters. The number of para-hydroxylation sites is 2. The molecule has 1 aliphatic rings. The third kappa shape index (κ3) is 4.25. The fourth-order valence-electron chi connectivity index (χ4n) is 2.59. The molecule has 0 radical (unpaired) electrons. The molecule has 1 aliphatic heterocycles. The van der Waals surface area contributed by atoms with Gasteiger partial charge in [0.05, 0.1) is 19.3 Å². The highest BCUT2D eigenvalue weighted by Gasteiger charge is 2.18. The number of carbonyl (C=O) groups is 1. The van der Waals surface area contributed by atoms with Crippen LogP contribution >= 0.6 is 0 Å². The number of hydrogen-bond acceptors (Lipinski definition) is 8. The summed E-state index contributed by atoms with van der Waals surface area (Å²) in [5.74, 6) is 1.43. The molecule has 2 heterocycles. The maximum absolute atomic E-state index is 11.0. The molecule has 1 aromatic carbocycles. The normalized spacial score (nSPS) is 13.6. The Labute approximate surface area is 145 Å². The molecule has 25 heavy (non-hydrogen) atoms. The van der Waals surface area contributed by atoms with Crippen molar-refractivity contribution in [2.75, 3.05) is 42.3 Å². The number of aromatic nitrogens is 3. The van der Waals surface area contributed by atoms with Gasteiger partial charge in [-0.15, -0.1) is 0 Å². The first kappa shape index (κ1) is 16.7. The second kappa shape index (κ2) is 7.65. The monoisotopic (exact) mass is 343 g/mol. The van der Waals surface area contributed by atoms with Crippen LogP contribution in [0.15, 0.2) is 24.3 Å². The number of hydrogen-bond donors (Lipinski definition) is 3. The average molecular weight is 343 g/mol. The zero-order chi connectivity index (χ0) is 17.6. The van der Waals surface area contributed by atoms with E-state index in [-0.39, 0.29) is 6.54 Å². The molecule has 0 aliphatic carbocycles. The number of amides is 1. The Balaban J connectivity index is 1.89. The van der Waals surface area contributed by atoms with Gasteiger partial charge in [0.25, 0.3) is 0 Å². The van der Waals surface area contributed by atoms with Crippen molar-refractivity contribution >= 4 is 29.4 Å². The highest BCUT2D eigenvalue weighted by molar-refractivity contribution is 5.78. The van der Waals surface area contributed by atoms with Gasteiger partial charge in [-0.25, -0.2) is 0 Å². The Hall–Kier alpha value is -3.10. The van der Waals surface area contributed by atoms with Crippen molar-refractivity contribution in [3.63, 3.8) is 0 Å². The summed E-state index contributed by atoms with van der Waals surface area (Å²) in [6.45, 7) is 1.75.